The van der Waals surface area contributed by atoms with E-state index in [2.05, 4.69) is 70.9 Å². The van der Waals surface area contributed by atoms with Gasteiger partial charge in [0, 0.05) is 19.1 Å². The molecule has 2 unspecified atom stereocenters. The highest BCUT2D eigenvalue weighted by Gasteiger charge is 2.51. The summed E-state index contributed by atoms with van der Waals surface area (Å²) >= 11 is 0. The van der Waals surface area contributed by atoms with Crippen LogP contribution in [-0.2, 0) is 0 Å². The summed E-state index contributed by atoms with van der Waals surface area (Å²) in [7, 11) is 0. The quantitative estimate of drug-likeness (QED) is 0.911. The molecule has 2 saturated heterocycles. The summed E-state index contributed by atoms with van der Waals surface area (Å²) in [6, 6.07) is 22.1. The standard InChI is InChI=1S/C20H24N2O/c23-15-20-12-11-18(13-21-14-20)22(20)19(16-7-3-1-4-8-16)17-9-5-2-6-10-17/h1-10,18-19,21,23H,11-15H2. The predicted octanol–water partition coefficient (Wildman–Crippen LogP) is 2.57. The number of nitrogens with zero attached hydrogens (tertiary/aromatic N) is 1. The van der Waals surface area contributed by atoms with Gasteiger partial charge in [-0.2, -0.15) is 0 Å². The van der Waals surface area contributed by atoms with Crippen LogP contribution in [0.5, 0.6) is 0 Å². The molecule has 4 rings (SSSR count). The van der Waals surface area contributed by atoms with Gasteiger partial charge in [-0.3, -0.25) is 4.90 Å². The van der Waals surface area contributed by atoms with Crippen LogP contribution in [-0.4, -0.2) is 41.3 Å². The fourth-order valence-electron chi connectivity index (χ4n) is 4.43. The van der Waals surface area contributed by atoms with Crippen LogP contribution in [0.3, 0.4) is 0 Å². The molecule has 2 heterocycles. The Morgan fingerprint density at radius 2 is 1.65 bits per heavy atom. The van der Waals surface area contributed by atoms with Gasteiger partial charge in [-0.25, -0.2) is 0 Å². The van der Waals surface area contributed by atoms with Crippen molar-refractivity contribution < 1.29 is 5.11 Å². The zero-order valence-electron chi connectivity index (χ0n) is 13.4. The van der Waals surface area contributed by atoms with Crippen LogP contribution >= 0.6 is 0 Å². The van der Waals surface area contributed by atoms with Crippen LogP contribution in [0.25, 0.3) is 0 Å². The summed E-state index contributed by atoms with van der Waals surface area (Å²) in [5.41, 5.74) is 2.48. The second kappa shape index (κ2) is 6.08. The van der Waals surface area contributed by atoms with Gasteiger partial charge in [-0.15, -0.1) is 0 Å². The van der Waals surface area contributed by atoms with E-state index in [0.29, 0.717) is 6.04 Å². The Morgan fingerprint density at radius 3 is 2.22 bits per heavy atom. The number of hydrogen-bond acceptors (Lipinski definition) is 3. The highest BCUT2D eigenvalue weighted by atomic mass is 16.3. The molecular weight excluding hydrogens is 284 g/mol. The Labute approximate surface area is 138 Å². The molecule has 2 atom stereocenters. The van der Waals surface area contributed by atoms with E-state index in [-0.39, 0.29) is 18.2 Å². The molecule has 0 saturated carbocycles. The minimum Gasteiger partial charge on any atom is -0.394 e. The van der Waals surface area contributed by atoms with Crippen molar-refractivity contribution in [3.63, 3.8) is 0 Å². The minimum absolute atomic E-state index is 0.140. The van der Waals surface area contributed by atoms with Crippen LogP contribution in [0, 0.1) is 0 Å². The Kier molecular flexibility index (Phi) is 3.93. The first-order valence-corrected chi connectivity index (χ1v) is 8.54. The van der Waals surface area contributed by atoms with E-state index in [1.807, 2.05) is 0 Å². The molecule has 2 aromatic carbocycles. The first kappa shape index (κ1) is 14.9. The lowest BCUT2D eigenvalue weighted by Crippen LogP contribution is -2.63. The second-order valence-corrected chi connectivity index (χ2v) is 6.84. The Morgan fingerprint density at radius 1 is 1.04 bits per heavy atom. The monoisotopic (exact) mass is 308 g/mol. The van der Waals surface area contributed by atoms with E-state index in [4.69, 9.17) is 0 Å². The smallest absolute Gasteiger partial charge is 0.0628 e. The number of nitrogens with one attached hydrogen (secondary N) is 1. The van der Waals surface area contributed by atoms with Gasteiger partial charge in [0.15, 0.2) is 0 Å². The maximum absolute atomic E-state index is 10.2. The van der Waals surface area contributed by atoms with Gasteiger partial charge >= 0.3 is 0 Å². The van der Waals surface area contributed by atoms with Crippen LogP contribution in [0.15, 0.2) is 60.7 Å². The molecule has 2 aromatic rings. The third-order valence-corrected chi connectivity index (χ3v) is 5.52. The van der Waals surface area contributed by atoms with E-state index < -0.39 is 0 Å². The van der Waals surface area contributed by atoms with Crippen molar-refractivity contribution >= 4 is 0 Å². The second-order valence-electron chi connectivity index (χ2n) is 6.84. The maximum atomic E-state index is 10.2. The van der Waals surface area contributed by atoms with E-state index in [9.17, 15) is 5.11 Å². The lowest BCUT2D eigenvalue weighted by molar-refractivity contribution is -0.00257. The Hall–Kier alpha value is -1.68. The zero-order valence-corrected chi connectivity index (χ0v) is 13.4. The number of aliphatic hydroxyl groups is 1. The van der Waals surface area contributed by atoms with Crippen molar-refractivity contribution in [3.05, 3.63) is 71.8 Å². The van der Waals surface area contributed by atoms with Crippen molar-refractivity contribution in [2.24, 2.45) is 0 Å². The van der Waals surface area contributed by atoms with E-state index in [1.165, 1.54) is 11.1 Å². The van der Waals surface area contributed by atoms with Gasteiger partial charge in [0.2, 0.25) is 0 Å². The molecule has 0 amide bonds. The minimum atomic E-state index is -0.140. The van der Waals surface area contributed by atoms with Crippen molar-refractivity contribution in [1.82, 2.24) is 10.2 Å². The maximum Gasteiger partial charge on any atom is 0.0628 e. The lowest BCUT2D eigenvalue weighted by atomic mass is 9.89. The number of piperazine rings is 1. The average Bonchev–Trinajstić information content (AvgIpc) is 2.83. The molecule has 0 radical (unpaired) electrons. The molecule has 3 nitrogen and oxygen atoms in total. The van der Waals surface area contributed by atoms with Gasteiger partial charge in [0.25, 0.3) is 0 Å². The summed E-state index contributed by atoms with van der Waals surface area (Å²) in [4.78, 5) is 2.59. The van der Waals surface area contributed by atoms with Crippen LogP contribution in [0.4, 0.5) is 0 Å². The van der Waals surface area contributed by atoms with Crippen molar-refractivity contribution in [2.75, 3.05) is 19.7 Å². The summed E-state index contributed by atoms with van der Waals surface area (Å²) < 4.78 is 0. The third-order valence-electron chi connectivity index (χ3n) is 5.52. The van der Waals surface area contributed by atoms with E-state index in [0.717, 1.165) is 25.9 Å². The van der Waals surface area contributed by atoms with Crippen molar-refractivity contribution in [3.8, 4) is 0 Å². The highest BCUT2D eigenvalue weighted by Crippen LogP contribution is 2.44. The zero-order chi connectivity index (χ0) is 15.7. The Balaban J connectivity index is 1.82. The summed E-state index contributed by atoms with van der Waals surface area (Å²) in [5, 5.41) is 13.7. The average molecular weight is 308 g/mol. The summed E-state index contributed by atoms with van der Waals surface area (Å²) in [6.07, 6.45) is 2.22. The first-order chi connectivity index (χ1) is 11.3. The normalized spacial score (nSPS) is 27.5. The molecular formula is C20H24N2O. The topological polar surface area (TPSA) is 35.5 Å². The van der Waals surface area contributed by atoms with Crippen molar-refractivity contribution in [1.29, 1.82) is 0 Å². The first-order valence-electron chi connectivity index (χ1n) is 8.54. The van der Waals surface area contributed by atoms with Crippen LogP contribution in [0.2, 0.25) is 0 Å². The third kappa shape index (κ3) is 2.49. The number of aliphatic hydroxyl groups excluding tert-OH is 1. The molecule has 120 valence electrons. The molecule has 2 aliphatic heterocycles. The van der Waals surface area contributed by atoms with Gasteiger partial charge in [-0.1, -0.05) is 60.7 Å². The molecule has 2 bridgehead atoms. The summed E-state index contributed by atoms with van der Waals surface area (Å²) in [6.45, 7) is 2.10. The number of hydrogen-bond donors (Lipinski definition) is 2. The molecule has 2 fully saturated rings. The van der Waals surface area contributed by atoms with Gasteiger partial charge in [-0.05, 0) is 24.0 Å². The SMILES string of the molecule is OCC12CCC(CNC1)N2C(c1ccccc1)c1ccccc1. The molecule has 23 heavy (non-hydrogen) atoms. The van der Waals surface area contributed by atoms with E-state index in [1.54, 1.807) is 0 Å². The van der Waals surface area contributed by atoms with Gasteiger partial charge < -0.3 is 10.4 Å². The van der Waals surface area contributed by atoms with Gasteiger partial charge in [0.1, 0.15) is 0 Å². The molecule has 3 heteroatoms. The largest absolute Gasteiger partial charge is 0.394 e. The number of fused-ring (bicyclic) bond motifs is 2. The fourth-order valence-corrected chi connectivity index (χ4v) is 4.43. The predicted molar refractivity (Wildman–Crippen MR) is 92.3 cm³/mol. The molecule has 2 N–H and O–H groups in total. The molecule has 2 aliphatic rings. The number of rotatable bonds is 4. The van der Waals surface area contributed by atoms with Crippen LogP contribution < -0.4 is 5.32 Å². The lowest BCUT2D eigenvalue weighted by Gasteiger charge is -2.48. The van der Waals surface area contributed by atoms with Gasteiger partial charge in [0.05, 0.1) is 18.2 Å². The molecule has 0 aromatic heterocycles. The number of benzene rings is 2. The van der Waals surface area contributed by atoms with Crippen molar-refractivity contribution in [2.45, 2.75) is 30.5 Å². The molecule has 0 aliphatic carbocycles. The highest BCUT2D eigenvalue weighted by molar-refractivity contribution is 5.34. The molecule has 0 spiro atoms. The van der Waals surface area contributed by atoms with E-state index >= 15 is 0 Å². The Bertz CT molecular complexity index is 602. The summed E-state index contributed by atoms with van der Waals surface area (Å²) in [5.74, 6) is 0. The van der Waals surface area contributed by atoms with Crippen LogP contribution in [0.1, 0.15) is 30.0 Å². The fraction of sp³-hybridized carbons (Fsp3) is 0.400.